The number of likely N-dealkylation sites (tertiary alicyclic amines) is 1. The lowest BCUT2D eigenvalue weighted by Crippen LogP contribution is -2.54. The normalized spacial score (nSPS) is 20.4. The van der Waals surface area contributed by atoms with E-state index in [4.69, 9.17) is 0 Å². The zero-order chi connectivity index (χ0) is 14.7. The van der Waals surface area contributed by atoms with Crippen molar-refractivity contribution in [1.82, 2.24) is 9.80 Å². The molecule has 3 rings (SSSR count). The van der Waals surface area contributed by atoms with Gasteiger partial charge in [-0.1, -0.05) is 18.2 Å². The smallest absolute Gasteiger partial charge is 0.224 e. The maximum absolute atomic E-state index is 11.9. The molecule has 0 spiro atoms. The van der Waals surface area contributed by atoms with Crippen molar-refractivity contribution in [2.75, 3.05) is 50.7 Å². The average Bonchev–Trinajstić information content (AvgIpc) is 2.51. The molecule has 5 heteroatoms. The first-order valence-electron chi connectivity index (χ1n) is 7.70. The first-order chi connectivity index (χ1) is 10.2. The SMILES string of the molecule is O=C(CCN1CCN(c2ccccc2)CC1)N1CC(O)C1. The Bertz CT molecular complexity index is 466. The van der Waals surface area contributed by atoms with E-state index in [2.05, 4.69) is 34.1 Å². The van der Waals surface area contributed by atoms with Gasteiger partial charge in [-0.2, -0.15) is 0 Å². The molecular formula is C16H23N3O2. The number of benzene rings is 1. The number of nitrogens with zero attached hydrogens (tertiary/aromatic N) is 3. The minimum absolute atomic E-state index is 0.172. The van der Waals surface area contributed by atoms with Gasteiger partial charge >= 0.3 is 0 Å². The van der Waals surface area contributed by atoms with Crippen LogP contribution in [0.2, 0.25) is 0 Å². The van der Waals surface area contributed by atoms with Gasteiger partial charge in [-0.3, -0.25) is 9.69 Å². The van der Waals surface area contributed by atoms with Gasteiger partial charge in [0.1, 0.15) is 0 Å². The second-order valence-corrected chi connectivity index (χ2v) is 5.87. The molecule has 2 aliphatic heterocycles. The van der Waals surface area contributed by atoms with Crippen LogP contribution in [0.1, 0.15) is 6.42 Å². The van der Waals surface area contributed by atoms with Crippen LogP contribution in [0.5, 0.6) is 0 Å². The second-order valence-electron chi connectivity index (χ2n) is 5.87. The van der Waals surface area contributed by atoms with Gasteiger partial charge in [-0.15, -0.1) is 0 Å². The van der Waals surface area contributed by atoms with Gasteiger partial charge in [0, 0.05) is 57.9 Å². The van der Waals surface area contributed by atoms with E-state index in [1.165, 1.54) is 5.69 Å². The summed E-state index contributed by atoms with van der Waals surface area (Å²) in [5, 5.41) is 9.21. The largest absolute Gasteiger partial charge is 0.389 e. The van der Waals surface area contributed by atoms with Gasteiger partial charge in [0.15, 0.2) is 0 Å². The molecule has 2 saturated heterocycles. The summed E-state index contributed by atoms with van der Waals surface area (Å²) in [5.41, 5.74) is 1.28. The van der Waals surface area contributed by atoms with Crippen LogP contribution < -0.4 is 4.90 Å². The molecule has 2 heterocycles. The number of piperazine rings is 1. The lowest BCUT2D eigenvalue weighted by molar-refractivity contribution is -0.141. The van der Waals surface area contributed by atoms with E-state index < -0.39 is 0 Å². The number of rotatable bonds is 4. The summed E-state index contributed by atoms with van der Waals surface area (Å²) >= 11 is 0. The lowest BCUT2D eigenvalue weighted by Gasteiger charge is -2.38. The van der Waals surface area contributed by atoms with E-state index >= 15 is 0 Å². The molecule has 2 aliphatic rings. The number of anilines is 1. The van der Waals surface area contributed by atoms with Crippen molar-refractivity contribution in [2.45, 2.75) is 12.5 Å². The number of carbonyl (C=O) groups excluding carboxylic acids is 1. The maximum Gasteiger partial charge on any atom is 0.224 e. The first kappa shape index (κ1) is 14.4. The summed E-state index contributed by atoms with van der Waals surface area (Å²) in [6, 6.07) is 10.5. The molecule has 21 heavy (non-hydrogen) atoms. The summed E-state index contributed by atoms with van der Waals surface area (Å²) < 4.78 is 0. The number of aliphatic hydroxyl groups is 1. The zero-order valence-electron chi connectivity index (χ0n) is 12.3. The number of hydrogen-bond acceptors (Lipinski definition) is 4. The Hall–Kier alpha value is -1.59. The van der Waals surface area contributed by atoms with Crippen LogP contribution in [-0.2, 0) is 4.79 Å². The first-order valence-corrected chi connectivity index (χ1v) is 7.70. The fourth-order valence-electron chi connectivity index (χ4n) is 2.94. The Morgan fingerprint density at radius 1 is 1.10 bits per heavy atom. The van der Waals surface area contributed by atoms with Crippen LogP contribution in [0.4, 0.5) is 5.69 Å². The predicted octanol–water partition coefficient (Wildman–Crippen LogP) is 0.402. The van der Waals surface area contributed by atoms with Crippen molar-refractivity contribution in [1.29, 1.82) is 0 Å². The Morgan fingerprint density at radius 3 is 2.38 bits per heavy atom. The summed E-state index contributed by atoms with van der Waals surface area (Å²) in [6.45, 7) is 5.89. The van der Waals surface area contributed by atoms with Crippen LogP contribution in [0, 0.1) is 0 Å². The summed E-state index contributed by atoms with van der Waals surface area (Å²) in [5.74, 6) is 0.172. The Labute approximate surface area is 125 Å². The van der Waals surface area contributed by atoms with E-state index in [9.17, 15) is 9.90 Å². The molecule has 2 fully saturated rings. The molecule has 0 unspecified atom stereocenters. The van der Waals surface area contributed by atoms with Gasteiger partial charge in [-0.05, 0) is 12.1 Å². The van der Waals surface area contributed by atoms with Crippen molar-refractivity contribution in [3.8, 4) is 0 Å². The Kier molecular flexibility index (Phi) is 4.41. The van der Waals surface area contributed by atoms with Crippen LogP contribution in [0.15, 0.2) is 30.3 Å². The lowest BCUT2D eigenvalue weighted by atomic mass is 10.1. The van der Waals surface area contributed by atoms with Crippen molar-refractivity contribution < 1.29 is 9.90 Å². The highest BCUT2D eigenvalue weighted by molar-refractivity contribution is 5.77. The molecule has 0 radical (unpaired) electrons. The molecule has 5 nitrogen and oxygen atoms in total. The minimum atomic E-state index is -0.302. The average molecular weight is 289 g/mol. The topological polar surface area (TPSA) is 47.0 Å². The van der Waals surface area contributed by atoms with Gasteiger partial charge in [-0.25, -0.2) is 0 Å². The Balaban J connectivity index is 1.39. The number of para-hydroxylation sites is 1. The van der Waals surface area contributed by atoms with E-state index in [0.717, 1.165) is 32.7 Å². The molecular weight excluding hydrogens is 266 g/mol. The van der Waals surface area contributed by atoms with Crippen LogP contribution in [0.3, 0.4) is 0 Å². The van der Waals surface area contributed by atoms with Crippen molar-refractivity contribution in [3.63, 3.8) is 0 Å². The molecule has 114 valence electrons. The van der Waals surface area contributed by atoms with Gasteiger partial charge in [0.2, 0.25) is 5.91 Å². The number of carbonyl (C=O) groups is 1. The van der Waals surface area contributed by atoms with E-state index in [1.807, 2.05) is 6.07 Å². The third kappa shape index (κ3) is 3.54. The number of amides is 1. The van der Waals surface area contributed by atoms with E-state index in [0.29, 0.717) is 19.5 Å². The summed E-state index contributed by atoms with van der Waals surface area (Å²) in [4.78, 5) is 18.4. The highest BCUT2D eigenvalue weighted by atomic mass is 16.3. The predicted molar refractivity (Wildman–Crippen MR) is 82.3 cm³/mol. The standard InChI is InChI=1S/C16H23N3O2/c20-15-12-19(13-15)16(21)6-7-17-8-10-18(11-9-17)14-4-2-1-3-5-14/h1-5,15,20H,6-13H2. The van der Waals surface area contributed by atoms with Crippen LogP contribution in [0.25, 0.3) is 0 Å². The number of β-amino-alcohol motifs (C(OH)–C–C–N with tert-alkyl or cyclic N) is 1. The van der Waals surface area contributed by atoms with Crippen LogP contribution >= 0.6 is 0 Å². The summed E-state index contributed by atoms with van der Waals surface area (Å²) in [6.07, 6.45) is 0.265. The molecule has 0 aromatic heterocycles. The fourth-order valence-corrected chi connectivity index (χ4v) is 2.94. The molecule has 0 aliphatic carbocycles. The second kappa shape index (κ2) is 6.45. The number of hydrogen-bond donors (Lipinski definition) is 1. The summed E-state index contributed by atoms with van der Waals surface area (Å²) in [7, 11) is 0. The van der Waals surface area contributed by atoms with Crippen molar-refractivity contribution in [3.05, 3.63) is 30.3 Å². The van der Waals surface area contributed by atoms with Gasteiger partial charge in [0.05, 0.1) is 6.10 Å². The van der Waals surface area contributed by atoms with Crippen molar-refractivity contribution >= 4 is 11.6 Å². The molecule has 1 aromatic rings. The molecule has 1 amide bonds. The monoisotopic (exact) mass is 289 g/mol. The van der Waals surface area contributed by atoms with E-state index in [1.54, 1.807) is 4.90 Å². The fraction of sp³-hybridized carbons (Fsp3) is 0.562. The molecule has 0 saturated carbocycles. The van der Waals surface area contributed by atoms with Gasteiger partial charge < -0.3 is 14.9 Å². The minimum Gasteiger partial charge on any atom is -0.389 e. The third-order valence-corrected chi connectivity index (χ3v) is 4.35. The zero-order valence-corrected chi connectivity index (χ0v) is 12.3. The highest BCUT2D eigenvalue weighted by Gasteiger charge is 2.28. The van der Waals surface area contributed by atoms with Crippen LogP contribution in [-0.4, -0.2) is 72.7 Å². The van der Waals surface area contributed by atoms with Crippen molar-refractivity contribution in [2.24, 2.45) is 0 Å². The highest BCUT2D eigenvalue weighted by Crippen LogP contribution is 2.16. The maximum atomic E-state index is 11.9. The molecule has 0 bridgehead atoms. The van der Waals surface area contributed by atoms with E-state index in [-0.39, 0.29) is 12.0 Å². The number of aliphatic hydroxyl groups excluding tert-OH is 1. The molecule has 0 atom stereocenters. The molecule has 1 aromatic carbocycles. The quantitative estimate of drug-likeness (QED) is 0.872. The Morgan fingerprint density at radius 2 is 1.76 bits per heavy atom. The van der Waals surface area contributed by atoms with Gasteiger partial charge in [0.25, 0.3) is 0 Å². The third-order valence-electron chi connectivity index (χ3n) is 4.35. The molecule has 1 N–H and O–H groups in total.